The fraction of sp³-hybridized carbons (Fsp3) is 0.571. The Balaban J connectivity index is 2.29. The lowest BCUT2D eigenvalue weighted by Crippen LogP contribution is -2.45. The van der Waals surface area contributed by atoms with E-state index < -0.39 is 0 Å². The second-order valence-corrected chi connectivity index (χ2v) is 5.07. The van der Waals surface area contributed by atoms with Crippen LogP contribution in [0.4, 0.5) is 5.69 Å². The summed E-state index contributed by atoms with van der Waals surface area (Å²) < 4.78 is 5.56. The summed E-state index contributed by atoms with van der Waals surface area (Å²) in [6.45, 7) is 5.62. The summed E-state index contributed by atoms with van der Waals surface area (Å²) in [6, 6.07) is 6.62. The molecule has 0 spiro atoms. The molecule has 0 radical (unpaired) electrons. The highest BCUT2D eigenvalue weighted by atomic mass is 35.5. The number of ether oxygens (including phenoxy) is 1. The maximum absolute atomic E-state index is 6.09. The number of hydrogen-bond donors (Lipinski definition) is 1. The van der Waals surface area contributed by atoms with Crippen LogP contribution in [0.3, 0.4) is 0 Å². The molecule has 0 bridgehead atoms. The van der Waals surface area contributed by atoms with Crippen molar-refractivity contribution in [3.63, 3.8) is 0 Å². The lowest BCUT2D eigenvalue weighted by molar-refractivity contribution is 0.0929. The lowest BCUT2D eigenvalue weighted by atomic mass is 10.1. The normalized spacial score (nSPS) is 20.2. The van der Waals surface area contributed by atoms with Gasteiger partial charge in [-0.3, -0.25) is 0 Å². The molecule has 1 heterocycles. The molecule has 1 unspecified atom stereocenters. The van der Waals surface area contributed by atoms with Crippen molar-refractivity contribution >= 4 is 17.3 Å². The van der Waals surface area contributed by atoms with E-state index in [9.17, 15) is 0 Å². The van der Waals surface area contributed by atoms with E-state index in [2.05, 4.69) is 29.3 Å². The first-order chi connectivity index (χ1) is 8.76. The summed E-state index contributed by atoms with van der Waals surface area (Å²) in [5.74, 6) is 0. The van der Waals surface area contributed by atoms with Crippen LogP contribution in [0.5, 0.6) is 0 Å². The van der Waals surface area contributed by atoms with Gasteiger partial charge in [0.2, 0.25) is 0 Å². The molecule has 0 aromatic heterocycles. The van der Waals surface area contributed by atoms with Crippen LogP contribution in [-0.2, 0) is 11.3 Å². The van der Waals surface area contributed by atoms with Crippen LogP contribution in [-0.4, -0.2) is 32.8 Å². The van der Waals surface area contributed by atoms with E-state index >= 15 is 0 Å². The molecule has 0 aliphatic carbocycles. The molecule has 0 amide bonds. The topological polar surface area (TPSA) is 24.5 Å². The maximum Gasteiger partial charge on any atom is 0.0670 e. The van der Waals surface area contributed by atoms with E-state index in [1.54, 1.807) is 0 Å². The standard InChI is InChI=1S/C14H21ClN2O/c1-3-13-10-18-7-6-17(13)14-5-4-12(15)8-11(14)9-16-2/h4-5,8,13,16H,3,6-7,9-10H2,1-2H3. The highest BCUT2D eigenvalue weighted by Gasteiger charge is 2.23. The molecule has 100 valence electrons. The van der Waals surface area contributed by atoms with Gasteiger partial charge < -0.3 is 15.0 Å². The molecule has 1 atom stereocenters. The van der Waals surface area contributed by atoms with Crippen molar-refractivity contribution in [1.82, 2.24) is 5.32 Å². The number of rotatable bonds is 4. The quantitative estimate of drug-likeness (QED) is 0.909. The molecule has 1 N–H and O–H groups in total. The SMILES string of the molecule is CCC1COCCN1c1ccc(Cl)cc1CNC. The van der Waals surface area contributed by atoms with Gasteiger partial charge in [0.15, 0.2) is 0 Å². The lowest BCUT2D eigenvalue weighted by Gasteiger charge is -2.38. The minimum Gasteiger partial charge on any atom is -0.377 e. The second kappa shape index (κ2) is 6.41. The van der Waals surface area contributed by atoms with E-state index in [1.165, 1.54) is 11.3 Å². The van der Waals surface area contributed by atoms with Crippen molar-refractivity contribution < 1.29 is 4.74 Å². The molecule has 1 aliphatic rings. The Morgan fingerprint density at radius 2 is 2.33 bits per heavy atom. The average Bonchev–Trinajstić information content (AvgIpc) is 2.39. The zero-order valence-electron chi connectivity index (χ0n) is 11.1. The van der Waals surface area contributed by atoms with Gasteiger partial charge in [0.25, 0.3) is 0 Å². The Morgan fingerprint density at radius 3 is 3.06 bits per heavy atom. The summed E-state index contributed by atoms with van der Waals surface area (Å²) in [5.41, 5.74) is 2.54. The second-order valence-electron chi connectivity index (χ2n) is 4.63. The molecule has 1 aliphatic heterocycles. The van der Waals surface area contributed by atoms with Gasteiger partial charge in [0, 0.05) is 23.8 Å². The summed E-state index contributed by atoms with van der Waals surface area (Å²) in [6.07, 6.45) is 1.10. The Hall–Kier alpha value is -0.770. The summed E-state index contributed by atoms with van der Waals surface area (Å²) in [5, 5.41) is 4.00. The van der Waals surface area contributed by atoms with Crippen molar-refractivity contribution in [1.29, 1.82) is 0 Å². The summed E-state index contributed by atoms with van der Waals surface area (Å²) >= 11 is 6.09. The predicted octanol–water partition coefficient (Wildman–Crippen LogP) is 2.67. The number of morpholine rings is 1. The van der Waals surface area contributed by atoms with Crippen LogP contribution in [0.2, 0.25) is 5.02 Å². The highest BCUT2D eigenvalue weighted by molar-refractivity contribution is 6.30. The molecule has 0 saturated carbocycles. The monoisotopic (exact) mass is 268 g/mol. The molecule has 2 rings (SSSR count). The van der Waals surface area contributed by atoms with Crippen molar-refractivity contribution in [2.45, 2.75) is 25.9 Å². The fourth-order valence-electron chi connectivity index (χ4n) is 2.48. The highest BCUT2D eigenvalue weighted by Crippen LogP contribution is 2.28. The van der Waals surface area contributed by atoms with Crippen molar-refractivity contribution in [2.24, 2.45) is 0 Å². The van der Waals surface area contributed by atoms with Gasteiger partial charge in [-0.05, 0) is 37.2 Å². The minimum absolute atomic E-state index is 0.468. The smallest absolute Gasteiger partial charge is 0.0670 e. The van der Waals surface area contributed by atoms with Crippen LogP contribution < -0.4 is 10.2 Å². The van der Waals surface area contributed by atoms with Crippen molar-refractivity contribution in [2.75, 3.05) is 31.7 Å². The number of halogens is 1. The van der Waals surface area contributed by atoms with E-state index in [4.69, 9.17) is 16.3 Å². The Bertz CT molecular complexity index is 397. The molecule has 4 heteroatoms. The van der Waals surface area contributed by atoms with Gasteiger partial charge in [0.05, 0.1) is 19.3 Å². The van der Waals surface area contributed by atoms with Gasteiger partial charge in [-0.2, -0.15) is 0 Å². The van der Waals surface area contributed by atoms with Crippen LogP contribution in [0.1, 0.15) is 18.9 Å². The minimum atomic E-state index is 0.468. The molecule has 18 heavy (non-hydrogen) atoms. The average molecular weight is 269 g/mol. The number of anilines is 1. The maximum atomic E-state index is 6.09. The predicted molar refractivity (Wildman–Crippen MR) is 76.5 cm³/mol. The first-order valence-corrected chi connectivity index (χ1v) is 6.91. The zero-order valence-corrected chi connectivity index (χ0v) is 11.8. The Kier molecular flexibility index (Phi) is 4.87. The van der Waals surface area contributed by atoms with Gasteiger partial charge in [-0.1, -0.05) is 18.5 Å². The molecule has 1 fully saturated rings. The summed E-state index contributed by atoms with van der Waals surface area (Å²) in [4.78, 5) is 2.45. The number of nitrogens with one attached hydrogen (secondary N) is 1. The van der Waals surface area contributed by atoms with Gasteiger partial charge >= 0.3 is 0 Å². The van der Waals surface area contributed by atoms with E-state index in [0.29, 0.717) is 6.04 Å². The van der Waals surface area contributed by atoms with Gasteiger partial charge in [0.1, 0.15) is 0 Å². The van der Waals surface area contributed by atoms with E-state index in [1.807, 2.05) is 13.1 Å². The van der Waals surface area contributed by atoms with E-state index in [0.717, 1.165) is 37.7 Å². The largest absolute Gasteiger partial charge is 0.377 e. The van der Waals surface area contributed by atoms with Gasteiger partial charge in [-0.25, -0.2) is 0 Å². The third kappa shape index (κ3) is 2.97. The molecule has 1 aromatic rings. The van der Waals surface area contributed by atoms with Crippen LogP contribution in [0.25, 0.3) is 0 Å². The molecule has 1 aromatic carbocycles. The molecular formula is C14H21ClN2O. The number of benzene rings is 1. The van der Waals surface area contributed by atoms with Crippen molar-refractivity contribution in [3.8, 4) is 0 Å². The third-order valence-electron chi connectivity index (χ3n) is 3.42. The number of nitrogens with zero attached hydrogens (tertiary/aromatic N) is 1. The Morgan fingerprint density at radius 1 is 1.50 bits per heavy atom. The third-order valence-corrected chi connectivity index (χ3v) is 3.65. The van der Waals surface area contributed by atoms with Crippen LogP contribution in [0.15, 0.2) is 18.2 Å². The van der Waals surface area contributed by atoms with Crippen molar-refractivity contribution in [3.05, 3.63) is 28.8 Å². The first-order valence-electron chi connectivity index (χ1n) is 6.53. The van der Waals surface area contributed by atoms with E-state index in [-0.39, 0.29) is 0 Å². The molecule has 1 saturated heterocycles. The number of hydrogen-bond acceptors (Lipinski definition) is 3. The van der Waals surface area contributed by atoms with Crippen LogP contribution in [0, 0.1) is 0 Å². The molecular weight excluding hydrogens is 248 g/mol. The van der Waals surface area contributed by atoms with Crippen LogP contribution >= 0.6 is 11.6 Å². The first kappa shape index (κ1) is 13.7. The van der Waals surface area contributed by atoms with Gasteiger partial charge in [-0.15, -0.1) is 0 Å². The molecule has 3 nitrogen and oxygen atoms in total. The zero-order chi connectivity index (χ0) is 13.0. The summed E-state index contributed by atoms with van der Waals surface area (Å²) in [7, 11) is 1.96. The fourth-order valence-corrected chi connectivity index (χ4v) is 2.67. The Labute approximate surface area is 114 Å².